The number of rotatable bonds is 9. The van der Waals surface area contributed by atoms with Crippen molar-refractivity contribution < 1.29 is 19.1 Å². The predicted molar refractivity (Wildman–Crippen MR) is 147 cm³/mol. The zero-order valence-corrected chi connectivity index (χ0v) is 23.0. The summed E-state index contributed by atoms with van der Waals surface area (Å²) in [5.41, 5.74) is 1.47. The number of aryl methyl sites for hydroxylation is 1. The Morgan fingerprint density at radius 3 is 2.79 bits per heavy atom. The number of aromatic nitrogens is 2. The first-order valence-corrected chi connectivity index (χ1v) is 14.1. The third-order valence-electron chi connectivity index (χ3n) is 6.16. The van der Waals surface area contributed by atoms with Crippen molar-refractivity contribution in [2.75, 3.05) is 19.0 Å². The zero-order valence-electron chi connectivity index (χ0n) is 21.4. The number of hydrogen-bond donors (Lipinski definition) is 2. The average Bonchev–Trinajstić information content (AvgIpc) is 3.29. The number of H-pyrrole nitrogens is 1. The maximum atomic E-state index is 13.4. The number of fused-ring (bicyclic) bond motifs is 1. The molecule has 0 saturated carbocycles. The lowest BCUT2D eigenvalue weighted by atomic mass is 9.95. The highest BCUT2D eigenvalue weighted by Crippen LogP contribution is 2.39. The van der Waals surface area contributed by atoms with Gasteiger partial charge in [-0.15, -0.1) is 11.3 Å². The Labute approximate surface area is 228 Å². The molecule has 4 rings (SSSR count). The number of thiophene rings is 1. The van der Waals surface area contributed by atoms with Crippen LogP contribution in [-0.2, 0) is 22.4 Å². The number of thioether (sulfide) groups is 1. The van der Waals surface area contributed by atoms with Gasteiger partial charge in [-0.05, 0) is 56.7 Å². The molecule has 11 heteroatoms. The van der Waals surface area contributed by atoms with Crippen LogP contribution in [0.25, 0.3) is 11.3 Å². The molecule has 2 aromatic heterocycles. The Morgan fingerprint density at radius 2 is 2.08 bits per heavy atom. The Hall–Kier alpha value is -3.62. The fraction of sp³-hybridized carbons (Fsp3) is 0.370. The molecule has 0 radical (unpaired) electrons. The molecule has 1 aliphatic rings. The fourth-order valence-electron chi connectivity index (χ4n) is 4.31. The topological polar surface area (TPSA) is 134 Å². The number of nitriles is 1. The van der Waals surface area contributed by atoms with Gasteiger partial charge in [0, 0.05) is 10.4 Å². The van der Waals surface area contributed by atoms with E-state index in [0.29, 0.717) is 28.3 Å². The summed E-state index contributed by atoms with van der Waals surface area (Å²) in [5.74, 6) is -0.176. The van der Waals surface area contributed by atoms with Gasteiger partial charge < -0.3 is 19.8 Å². The third-order valence-corrected chi connectivity index (χ3v) is 8.61. The normalized spacial score (nSPS) is 13.2. The SMILES string of the molecule is CCOC(=O)c1c(NC(=O)C(CC)Sc2nc(-c3cccc(OC)c3)c(C#N)c(=O)[nH]2)sc2c1CCCC2. The molecular formula is C27H28N4O5S2. The van der Waals surface area contributed by atoms with E-state index in [0.717, 1.165) is 47.9 Å². The summed E-state index contributed by atoms with van der Waals surface area (Å²) in [5, 5.41) is 12.6. The van der Waals surface area contributed by atoms with E-state index in [9.17, 15) is 19.6 Å². The first kappa shape index (κ1) is 27.4. The summed E-state index contributed by atoms with van der Waals surface area (Å²) in [6.45, 7) is 3.86. The summed E-state index contributed by atoms with van der Waals surface area (Å²) in [7, 11) is 1.53. The predicted octanol–water partition coefficient (Wildman–Crippen LogP) is 4.94. The maximum Gasteiger partial charge on any atom is 0.341 e. The summed E-state index contributed by atoms with van der Waals surface area (Å²) in [4.78, 5) is 47.1. The van der Waals surface area contributed by atoms with Crippen molar-refractivity contribution in [3.05, 3.63) is 56.2 Å². The molecule has 198 valence electrons. The van der Waals surface area contributed by atoms with Crippen LogP contribution in [0.2, 0.25) is 0 Å². The van der Waals surface area contributed by atoms with Gasteiger partial charge in [-0.1, -0.05) is 30.8 Å². The van der Waals surface area contributed by atoms with E-state index in [1.165, 1.54) is 18.4 Å². The van der Waals surface area contributed by atoms with Gasteiger partial charge in [0.15, 0.2) is 5.16 Å². The van der Waals surface area contributed by atoms with E-state index < -0.39 is 16.8 Å². The second-order valence-corrected chi connectivity index (χ2v) is 10.9. The van der Waals surface area contributed by atoms with Crippen LogP contribution in [0.3, 0.4) is 0 Å². The van der Waals surface area contributed by atoms with Crippen LogP contribution in [0.1, 0.15) is 59.5 Å². The molecule has 3 aromatic rings. The molecule has 1 aromatic carbocycles. The molecule has 2 heterocycles. The number of methoxy groups -OCH3 is 1. The minimum atomic E-state index is -0.613. The molecular weight excluding hydrogens is 524 g/mol. The number of anilines is 1. The lowest BCUT2D eigenvalue weighted by molar-refractivity contribution is -0.115. The summed E-state index contributed by atoms with van der Waals surface area (Å²) in [6, 6.07) is 8.85. The summed E-state index contributed by atoms with van der Waals surface area (Å²) >= 11 is 2.52. The minimum absolute atomic E-state index is 0.122. The molecule has 0 aliphatic heterocycles. The fourth-order valence-corrected chi connectivity index (χ4v) is 6.49. The van der Waals surface area contributed by atoms with Crippen molar-refractivity contribution >= 4 is 40.0 Å². The number of ether oxygens (including phenoxy) is 2. The molecule has 9 nitrogen and oxygen atoms in total. The van der Waals surface area contributed by atoms with Crippen LogP contribution in [-0.4, -0.2) is 40.8 Å². The van der Waals surface area contributed by atoms with E-state index in [1.54, 1.807) is 31.2 Å². The highest BCUT2D eigenvalue weighted by molar-refractivity contribution is 8.00. The number of carbonyl (C=O) groups is 2. The second-order valence-electron chi connectivity index (χ2n) is 8.58. The minimum Gasteiger partial charge on any atom is -0.497 e. The zero-order chi connectivity index (χ0) is 27.2. The van der Waals surface area contributed by atoms with Gasteiger partial charge in [-0.2, -0.15) is 5.26 Å². The largest absolute Gasteiger partial charge is 0.497 e. The van der Waals surface area contributed by atoms with Crippen LogP contribution >= 0.6 is 23.1 Å². The molecule has 1 aliphatic carbocycles. The molecule has 1 amide bonds. The van der Waals surface area contributed by atoms with Crippen molar-refractivity contribution in [3.8, 4) is 23.1 Å². The molecule has 0 fully saturated rings. The number of esters is 1. The van der Waals surface area contributed by atoms with Crippen molar-refractivity contribution in [1.82, 2.24) is 9.97 Å². The van der Waals surface area contributed by atoms with Crippen molar-refractivity contribution in [2.45, 2.75) is 56.4 Å². The van der Waals surface area contributed by atoms with Gasteiger partial charge in [0.05, 0.1) is 30.2 Å². The molecule has 2 N–H and O–H groups in total. The van der Waals surface area contributed by atoms with E-state index >= 15 is 0 Å². The summed E-state index contributed by atoms with van der Waals surface area (Å²) < 4.78 is 10.6. The van der Waals surface area contributed by atoms with Gasteiger partial charge in [0.2, 0.25) is 5.91 Å². The number of nitrogens with zero attached hydrogens (tertiary/aromatic N) is 2. The van der Waals surface area contributed by atoms with Gasteiger partial charge in [0.1, 0.15) is 22.4 Å². The maximum absolute atomic E-state index is 13.4. The van der Waals surface area contributed by atoms with Crippen molar-refractivity contribution in [2.24, 2.45) is 0 Å². The van der Waals surface area contributed by atoms with Crippen LogP contribution < -0.4 is 15.6 Å². The van der Waals surface area contributed by atoms with E-state index in [4.69, 9.17) is 9.47 Å². The highest BCUT2D eigenvalue weighted by Gasteiger charge is 2.29. The van der Waals surface area contributed by atoms with Crippen LogP contribution in [0.4, 0.5) is 5.00 Å². The van der Waals surface area contributed by atoms with Crippen molar-refractivity contribution in [3.63, 3.8) is 0 Å². The third kappa shape index (κ3) is 5.76. The second kappa shape index (κ2) is 12.3. The number of amides is 1. The Morgan fingerprint density at radius 1 is 1.29 bits per heavy atom. The molecule has 1 unspecified atom stereocenters. The standard InChI is InChI=1S/C27H28N4O5S2/c1-4-19(24(33)30-25-21(26(34)36-5-2)17-11-6-7-12-20(17)37-25)38-27-29-22(18(14-28)23(32)31-27)15-9-8-10-16(13-15)35-3/h8-10,13,19H,4-7,11-12H2,1-3H3,(H,30,33)(H,29,31,32). The number of nitrogens with one attached hydrogen (secondary N) is 2. The molecule has 0 spiro atoms. The number of benzene rings is 1. The van der Waals surface area contributed by atoms with E-state index in [-0.39, 0.29) is 28.9 Å². The molecule has 38 heavy (non-hydrogen) atoms. The van der Waals surface area contributed by atoms with Crippen LogP contribution in [0.5, 0.6) is 5.75 Å². The lowest BCUT2D eigenvalue weighted by Crippen LogP contribution is -2.26. The van der Waals surface area contributed by atoms with E-state index in [2.05, 4.69) is 15.3 Å². The lowest BCUT2D eigenvalue weighted by Gasteiger charge is -2.15. The monoisotopic (exact) mass is 552 g/mol. The van der Waals surface area contributed by atoms with Crippen LogP contribution in [0.15, 0.2) is 34.2 Å². The quantitative estimate of drug-likeness (QED) is 0.216. The smallest absolute Gasteiger partial charge is 0.341 e. The van der Waals surface area contributed by atoms with Gasteiger partial charge in [-0.3, -0.25) is 9.59 Å². The van der Waals surface area contributed by atoms with Gasteiger partial charge in [-0.25, -0.2) is 9.78 Å². The first-order valence-electron chi connectivity index (χ1n) is 12.4. The summed E-state index contributed by atoms with van der Waals surface area (Å²) in [6.07, 6.45) is 4.13. The highest BCUT2D eigenvalue weighted by atomic mass is 32.2. The Balaban J connectivity index is 1.63. The number of carbonyl (C=O) groups excluding carboxylic acids is 2. The number of hydrogen-bond acceptors (Lipinski definition) is 9. The molecule has 0 saturated heterocycles. The molecule has 1 atom stereocenters. The van der Waals surface area contributed by atoms with Crippen molar-refractivity contribution in [1.29, 1.82) is 5.26 Å². The van der Waals surface area contributed by atoms with Crippen LogP contribution in [0, 0.1) is 11.3 Å². The number of aromatic amines is 1. The molecule has 0 bridgehead atoms. The average molecular weight is 553 g/mol. The Kier molecular flexibility index (Phi) is 8.86. The van der Waals surface area contributed by atoms with E-state index in [1.807, 2.05) is 13.0 Å². The first-order chi connectivity index (χ1) is 18.4. The van der Waals surface area contributed by atoms with Gasteiger partial charge in [0.25, 0.3) is 5.56 Å². The Bertz CT molecular complexity index is 1460. The van der Waals surface area contributed by atoms with Gasteiger partial charge >= 0.3 is 5.97 Å².